The molecule has 0 radical (unpaired) electrons. The molecular formula is C17H24N2S. The van der Waals surface area contributed by atoms with Crippen LogP contribution in [0.15, 0.2) is 41.8 Å². The van der Waals surface area contributed by atoms with E-state index < -0.39 is 0 Å². The lowest BCUT2D eigenvalue weighted by Crippen LogP contribution is -2.30. The number of benzene rings is 1. The quantitative estimate of drug-likeness (QED) is 0.862. The summed E-state index contributed by atoms with van der Waals surface area (Å²) < 4.78 is 0. The summed E-state index contributed by atoms with van der Waals surface area (Å²) in [6.07, 6.45) is 2.06. The van der Waals surface area contributed by atoms with Crippen LogP contribution in [0.5, 0.6) is 0 Å². The Kier molecular flexibility index (Phi) is 5.21. The number of likely N-dealkylation sites (N-methyl/N-ethyl adjacent to an activating group) is 1. The highest BCUT2D eigenvalue weighted by atomic mass is 32.1. The number of anilines is 1. The Labute approximate surface area is 126 Å². The standard InChI is InChI=1S/C17H24N2S/c1-4-17(18)14-7-9-15(10-8-14)19(3)13(2)12-16-6-5-11-20-16/h5-11,13,17H,4,12,18H2,1-3H3/t13?,17-/m0/s1. The molecule has 2 N–H and O–H groups in total. The second-order valence-corrected chi connectivity index (χ2v) is 6.38. The fourth-order valence-electron chi connectivity index (χ4n) is 2.30. The van der Waals surface area contributed by atoms with Crippen molar-refractivity contribution in [2.45, 2.75) is 38.8 Å². The van der Waals surface area contributed by atoms with Crippen LogP contribution < -0.4 is 10.6 Å². The van der Waals surface area contributed by atoms with Crippen LogP contribution in [0.4, 0.5) is 5.69 Å². The fourth-order valence-corrected chi connectivity index (χ4v) is 3.13. The van der Waals surface area contributed by atoms with Gasteiger partial charge in [0.25, 0.3) is 0 Å². The van der Waals surface area contributed by atoms with Crippen LogP contribution in [0, 0.1) is 0 Å². The minimum Gasteiger partial charge on any atom is -0.372 e. The second kappa shape index (κ2) is 6.91. The minimum atomic E-state index is 0.151. The summed E-state index contributed by atoms with van der Waals surface area (Å²) in [5.74, 6) is 0. The first kappa shape index (κ1) is 15.1. The third-order valence-electron chi connectivity index (χ3n) is 3.91. The Balaban J connectivity index is 2.02. The molecule has 1 unspecified atom stereocenters. The van der Waals surface area contributed by atoms with Crippen molar-refractivity contribution in [2.24, 2.45) is 5.73 Å². The van der Waals surface area contributed by atoms with Crippen molar-refractivity contribution < 1.29 is 0 Å². The normalized spacial score (nSPS) is 14.0. The molecule has 2 rings (SSSR count). The zero-order chi connectivity index (χ0) is 14.5. The summed E-state index contributed by atoms with van der Waals surface area (Å²) in [4.78, 5) is 3.77. The highest BCUT2D eigenvalue weighted by molar-refractivity contribution is 7.09. The van der Waals surface area contributed by atoms with Crippen molar-refractivity contribution in [1.29, 1.82) is 0 Å². The predicted molar refractivity (Wildman–Crippen MR) is 89.5 cm³/mol. The summed E-state index contributed by atoms with van der Waals surface area (Å²) in [5.41, 5.74) is 8.53. The Morgan fingerprint density at radius 1 is 1.20 bits per heavy atom. The van der Waals surface area contributed by atoms with Crippen molar-refractivity contribution in [2.75, 3.05) is 11.9 Å². The first-order valence-electron chi connectivity index (χ1n) is 7.22. The number of nitrogens with two attached hydrogens (primary N) is 1. The van der Waals surface area contributed by atoms with Crippen LogP contribution in [-0.4, -0.2) is 13.1 Å². The van der Waals surface area contributed by atoms with Crippen LogP contribution in [-0.2, 0) is 6.42 Å². The Morgan fingerprint density at radius 3 is 2.45 bits per heavy atom. The molecule has 2 aromatic rings. The van der Waals surface area contributed by atoms with Crippen LogP contribution in [0.1, 0.15) is 36.8 Å². The number of rotatable bonds is 6. The van der Waals surface area contributed by atoms with Crippen LogP contribution >= 0.6 is 11.3 Å². The van der Waals surface area contributed by atoms with Gasteiger partial charge in [0, 0.05) is 36.1 Å². The maximum absolute atomic E-state index is 6.06. The summed E-state index contributed by atoms with van der Waals surface area (Å²) in [6.45, 7) is 4.39. The first-order valence-corrected chi connectivity index (χ1v) is 8.10. The van der Waals surface area contributed by atoms with Crippen molar-refractivity contribution in [1.82, 2.24) is 0 Å². The van der Waals surface area contributed by atoms with Gasteiger partial charge in [0.05, 0.1) is 0 Å². The van der Waals surface area contributed by atoms with E-state index in [1.165, 1.54) is 16.1 Å². The molecule has 0 spiro atoms. The van der Waals surface area contributed by atoms with Crippen molar-refractivity contribution in [3.05, 3.63) is 52.2 Å². The van der Waals surface area contributed by atoms with Gasteiger partial charge in [-0.25, -0.2) is 0 Å². The summed E-state index contributed by atoms with van der Waals surface area (Å²) in [6, 6.07) is 13.6. The molecule has 3 heteroatoms. The predicted octanol–water partition coefficient (Wildman–Crippen LogP) is 4.23. The molecule has 108 valence electrons. The number of hydrogen-bond donors (Lipinski definition) is 1. The molecule has 0 fully saturated rings. The maximum atomic E-state index is 6.06. The smallest absolute Gasteiger partial charge is 0.0366 e. The highest BCUT2D eigenvalue weighted by Gasteiger charge is 2.12. The molecule has 1 heterocycles. The lowest BCUT2D eigenvalue weighted by molar-refractivity contribution is 0.684. The largest absolute Gasteiger partial charge is 0.372 e. The SMILES string of the molecule is CC[C@H](N)c1ccc(N(C)C(C)Cc2cccs2)cc1. The number of nitrogens with zero attached hydrogens (tertiary/aromatic N) is 1. The summed E-state index contributed by atoms with van der Waals surface area (Å²) in [7, 11) is 2.16. The molecule has 2 nitrogen and oxygen atoms in total. The van der Waals surface area contributed by atoms with Gasteiger partial charge in [-0.3, -0.25) is 0 Å². The molecule has 0 aliphatic rings. The third kappa shape index (κ3) is 3.62. The molecule has 2 atom stereocenters. The molecule has 0 aliphatic heterocycles. The first-order chi connectivity index (χ1) is 9.61. The van der Waals surface area contributed by atoms with Crippen molar-refractivity contribution in [3.63, 3.8) is 0 Å². The third-order valence-corrected chi connectivity index (χ3v) is 4.80. The molecule has 0 saturated heterocycles. The van der Waals surface area contributed by atoms with E-state index in [-0.39, 0.29) is 6.04 Å². The van der Waals surface area contributed by atoms with Gasteiger partial charge < -0.3 is 10.6 Å². The van der Waals surface area contributed by atoms with E-state index in [1.807, 2.05) is 11.3 Å². The van der Waals surface area contributed by atoms with Crippen LogP contribution in [0.3, 0.4) is 0 Å². The van der Waals surface area contributed by atoms with E-state index in [1.54, 1.807) is 0 Å². The topological polar surface area (TPSA) is 29.3 Å². The van der Waals surface area contributed by atoms with Gasteiger partial charge in [0.2, 0.25) is 0 Å². The van der Waals surface area contributed by atoms with Gasteiger partial charge in [0.1, 0.15) is 0 Å². The highest BCUT2D eigenvalue weighted by Crippen LogP contribution is 2.22. The lowest BCUT2D eigenvalue weighted by Gasteiger charge is -2.27. The molecule has 0 bridgehead atoms. The van der Waals surface area contributed by atoms with E-state index in [9.17, 15) is 0 Å². The molecule has 1 aromatic heterocycles. The van der Waals surface area contributed by atoms with Gasteiger partial charge >= 0.3 is 0 Å². The molecular weight excluding hydrogens is 264 g/mol. The van der Waals surface area contributed by atoms with Gasteiger partial charge in [-0.1, -0.05) is 25.1 Å². The second-order valence-electron chi connectivity index (χ2n) is 5.35. The Morgan fingerprint density at radius 2 is 1.90 bits per heavy atom. The minimum absolute atomic E-state index is 0.151. The Bertz CT molecular complexity index is 504. The fraction of sp³-hybridized carbons (Fsp3) is 0.412. The van der Waals surface area contributed by atoms with E-state index in [2.05, 4.69) is 67.6 Å². The summed E-state index contributed by atoms with van der Waals surface area (Å²) >= 11 is 1.83. The average Bonchev–Trinajstić information content (AvgIpc) is 2.98. The number of hydrogen-bond acceptors (Lipinski definition) is 3. The number of thiophene rings is 1. The van der Waals surface area contributed by atoms with Gasteiger partial charge in [-0.2, -0.15) is 0 Å². The molecule has 0 amide bonds. The zero-order valence-corrected chi connectivity index (χ0v) is 13.4. The van der Waals surface area contributed by atoms with E-state index in [0.717, 1.165) is 12.8 Å². The molecule has 20 heavy (non-hydrogen) atoms. The van der Waals surface area contributed by atoms with Gasteiger partial charge in [-0.05, 0) is 42.5 Å². The summed E-state index contributed by atoms with van der Waals surface area (Å²) in [5, 5.41) is 2.14. The van der Waals surface area contributed by atoms with E-state index in [4.69, 9.17) is 5.73 Å². The Hall–Kier alpha value is -1.32. The van der Waals surface area contributed by atoms with Crippen LogP contribution in [0.25, 0.3) is 0 Å². The van der Waals surface area contributed by atoms with Crippen molar-refractivity contribution >= 4 is 17.0 Å². The van der Waals surface area contributed by atoms with Crippen molar-refractivity contribution in [3.8, 4) is 0 Å². The van der Waals surface area contributed by atoms with E-state index in [0.29, 0.717) is 6.04 Å². The molecule has 1 aromatic carbocycles. The molecule has 0 saturated carbocycles. The van der Waals surface area contributed by atoms with Gasteiger partial charge in [0.15, 0.2) is 0 Å². The van der Waals surface area contributed by atoms with Gasteiger partial charge in [-0.15, -0.1) is 11.3 Å². The maximum Gasteiger partial charge on any atom is 0.0366 e. The van der Waals surface area contributed by atoms with E-state index >= 15 is 0 Å². The molecule has 0 aliphatic carbocycles. The zero-order valence-electron chi connectivity index (χ0n) is 12.5. The monoisotopic (exact) mass is 288 g/mol. The van der Waals surface area contributed by atoms with Crippen LogP contribution in [0.2, 0.25) is 0 Å². The lowest BCUT2D eigenvalue weighted by atomic mass is 10.0. The average molecular weight is 288 g/mol.